The van der Waals surface area contributed by atoms with Crippen LogP contribution in [0.5, 0.6) is 0 Å². The Kier molecular flexibility index (Phi) is 6.98. The summed E-state index contributed by atoms with van der Waals surface area (Å²) in [7, 11) is 0. The van der Waals surface area contributed by atoms with E-state index in [1.54, 1.807) is 0 Å². The molecule has 0 aromatic rings. The third kappa shape index (κ3) is 4.43. The number of aliphatic hydroxyl groups excluding tert-OH is 2. The predicted molar refractivity (Wildman–Crippen MR) is 105 cm³/mol. The Labute approximate surface area is 168 Å². The van der Waals surface area contributed by atoms with Crippen molar-refractivity contribution < 1.29 is 29.6 Å². The van der Waals surface area contributed by atoms with Crippen LogP contribution in [0.1, 0.15) is 66.7 Å². The van der Waals surface area contributed by atoms with Gasteiger partial charge in [0.2, 0.25) is 0 Å². The molecule has 1 fully saturated rings. The molecule has 2 rings (SSSR count). The fourth-order valence-electron chi connectivity index (χ4n) is 5.84. The number of hydrogen-bond donors (Lipinski definition) is 3. The highest BCUT2D eigenvalue weighted by Crippen LogP contribution is 2.61. The van der Waals surface area contributed by atoms with E-state index in [0.29, 0.717) is 6.42 Å². The minimum atomic E-state index is -0.955. The molecule has 3 N–H and O–H groups in total. The van der Waals surface area contributed by atoms with Crippen molar-refractivity contribution in [3.8, 4) is 0 Å². The van der Waals surface area contributed by atoms with Gasteiger partial charge in [-0.3, -0.25) is 9.59 Å². The van der Waals surface area contributed by atoms with Gasteiger partial charge in [-0.15, -0.1) is 0 Å². The number of aliphatic carboxylic acids is 1. The van der Waals surface area contributed by atoms with Gasteiger partial charge in [-0.1, -0.05) is 32.4 Å². The van der Waals surface area contributed by atoms with Gasteiger partial charge in [-0.25, -0.2) is 0 Å². The first-order chi connectivity index (χ1) is 12.9. The molecule has 160 valence electrons. The zero-order valence-corrected chi connectivity index (χ0v) is 17.8. The van der Waals surface area contributed by atoms with Crippen molar-refractivity contribution in [3.05, 3.63) is 11.6 Å². The van der Waals surface area contributed by atoms with Crippen LogP contribution in [0.2, 0.25) is 0 Å². The fourth-order valence-corrected chi connectivity index (χ4v) is 5.84. The van der Waals surface area contributed by atoms with Crippen LogP contribution in [0, 0.1) is 28.6 Å². The lowest BCUT2D eigenvalue weighted by molar-refractivity contribution is -0.202. The Morgan fingerprint density at radius 2 is 1.96 bits per heavy atom. The van der Waals surface area contributed by atoms with Gasteiger partial charge < -0.3 is 20.1 Å². The van der Waals surface area contributed by atoms with Crippen LogP contribution in [0.4, 0.5) is 0 Å². The van der Waals surface area contributed by atoms with E-state index in [9.17, 15) is 19.8 Å². The van der Waals surface area contributed by atoms with Gasteiger partial charge in [0.05, 0.1) is 18.8 Å². The fraction of sp³-hybridized carbons (Fsp3) is 0.818. The van der Waals surface area contributed by atoms with Crippen molar-refractivity contribution in [1.29, 1.82) is 0 Å². The molecule has 0 amide bonds. The normalized spacial score (nSPS) is 38.9. The highest BCUT2D eigenvalue weighted by molar-refractivity contribution is 5.67. The molecule has 7 atom stereocenters. The van der Waals surface area contributed by atoms with Gasteiger partial charge >= 0.3 is 11.9 Å². The largest absolute Gasteiger partial charge is 0.481 e. The molecule has 6 nitrogen and oxygen atoms in total. The van der Waals surface area contributed by atoms with Gasteiger partial charge in [0, 0.05) is 18.8 Å². The Morgan fingerprint density at radius 3 is 2.54 bits per heavy atom. The Morgan fingerprint density at radius 1 is 1.32 bits per heavy atom. The zero-order chi connectivity index (χ0) is 21.3. The van der Waals surface area contributed by atoms with Crippen LogP contribution in [0.3, 0.4) is 0 Å². The zero-order valence-electron chi connectivity index (χ0n) is 17.8. The molecule has 0 bridgehead atoms. The summed E-state index contributed by atoms with van der Waals surface area (Å²) < 4.78 is 5.31. The van der Waals surface area contributed by atoms with Crippen molar-refractivity contribution in [1.82, 2.24) is 0 Å². The lowest BCUT2D eigenvalue weighted by Crippen LogP contribution is -2.62. The number of carbonyl (C=O) groups is 2. The molecule has 0 heterocycles. The van der Waals surface area contributed by atoms with Crippen LogP contribution in [0.25, 0.3) is 0 Å². The summed E-state index contributed by atoms with van der Waals surface area (Å²) in [5, 5.41) is 30.5. The van der Waals surface area contributed by atoms with Crippen LogP contribution >= 0.6 is 0 Å². The van der Waals surface area contributed by atoms with Gasteiger partial charge in [-0.2, -0.15) is 0 Å². The highest BCUT2D eigenvalue weighted by atomic mass is 16.5. The number of carbonyl (C=O) groups excluding carboxylic acids is 1. The minimum absolute atomic E-state index is 0.0567. The summed E-state index contributed by atoms with van der Waals surface area (Å²) in [6.45, 7) is 9.57. The minimum Gasteiger partial charge on any atom is -0.481 e. The number of ether oxygens (including phenoxy) is 1. The maximum atomic E-state index is 11.4. The molecular weight excluding hydrogens is 360 g/mol. The van der Waals surface area contributed by atoms with E-state index in [0.717, 1.165) is 19.3 Å². The summed E-state index contributed by atoms with van der Waals surface area (Å²) in [4.78, 5) is 22.4. The third-order valence-electron chi connectivity index (χ3n) is 7.36. The monoisotopic (exact) mass is 396 g/mol. The lowest BCUT2D eigenvalue weighted by atomic mass is 9.46. The van der Waals surface area contributed by atoms with Crippen LogP contribution in [0.15, 0.2) is 11.6 Å². The summed E-state index contributed by atoms with van der Waals surface area (Å²) in [5.41, 5.74) is 0.273. The molecule has 0 aliphatic heterocycles. The van der Waals surface area contributed by atoms with E-state index >= 15 is 0 Å². The molecule has 1 saturated carbocycles. The standard InChI is InChI=1S/C22H36O6/c1-13(10-19(25)26)6-8-16-14(2)7-9-18-21(16,4)11-17(24)20(27)22(18,5)12-28-15(3)23/h7,13,16-18,20,24,27H,6,8-12H2,1-5H3,(H,25,26)/t13?,16-,17+,18+,20+,21+,22+/m1/s1. The van der Waals surface area contributed by atoms with Crippen LogP contribution in [-0.4, -0.2) is 46.1 Å². The number of fused-ring (bicyclic) bond motifs is 1. The molecule has 0 aromatic carbocycles. The molecule has 2 aliphatic carbocycles. The van der Waals surface area contributed by atoms with E-state index in [1.807, 2.05) is 13.8 Å². The van der Waals surface area contributed by atoms with Gasteiger partial charge in [-0.05, 0) is 55.8 Å². The highest BCUT2D eigenvalue weighted by Gasteiger charge is 2.60. The smallest absolute Gasteiger partial charge is 0.303 e. The van der Waals surface area contributed by atoms with Crippen molar-refractivity contribution in [2.45, 2.75) is 78.9 Å². The molecule has 2 aliphatic rings. The molecule has 6 heteroatoms. The number of rotatable bonds is 7. The van der Waals surface area contributed by atoms with Gasteiger partial charge in [0.1, 0.15) is 0 Å². The van der Waals surface area contributed by atoms with Gasteiger partial charge in [0.25, 0.3) is 0 Å². The summed E-state index contributed by atoms with van der Waals surface area (Å²) in [6, 6.07) is 0. The lowest BCUT2D eigenvalue weighted by Gasteiger charge is -2.60. The Balaban J connectivity index is 2.30. The molecule has 1 unspecified atom stereocenters. The second-order valence-corrected chi connectivity index (χ2v) is 9.58. The van der Waals surface area contributed by atoms with E-state index in [2.05, 4.69) is 19.9 Å². The average Bonchev–Trinajstić information content (AvgIpc) is 2.56. The molecule has 0 aromatic heterocycles. The molecular formula is C22H36O6. The second kappa shape index (κ2) is 8.54. The molecule has 28 heavy (non-hydrogen) atoms. The summed E-state index contributed by atoms with van der Waals surface area (Å²) in [5.74, 6) is -0.835. The number of esters is 1. The van der Waals surface area contributed by atoms with E-state index < -0.39 is 29.6 Å². The molecule has 0 spiro atoms. The van der Waals surface area contributed by atoms with E-state index in [-0.39, 0.29) is 36.2 Å². The first-order valence-corrected chi connectivity index (χ1v) is 10.3. The predicted octanol–water partition coefficient (Wildman–Crippen LogP) is 3.16. The van der Waals surface area contributed by atoms with Crippen LogP contribution < -0.4 is 0 Å². The van der Waals surface area contributed by atoms with Crippen molar-refractivity contribution in [2.24, 2.45) is 28.6 Å². The maximum Gasteiger partial charge on any atom is 0.303 e. The Hall–Kier alpha value is -1.40. The summed E-state index contributed by atoms with van der Waals surface area (Å²) >= 11 is 0. The van der Waals surface area contributed by atoms with Crippen LogP contribution in [-0.2, 0) is 14.3 Å². The first-order valence-electron chi connectivity index (χ1n) is 10.3. The number of allylic oxidation sites excluding steroid dienone is 2. The van der Waals surface area contributed by atoms with Crippen molar-refractivity contribution >= 4 is 11.9 Å². The number of aliphatic hydroxyl groups is 2. The number of hydrogen-bond acceptors (Lipinski definition) is 5. The maximum absolute atomic E-state index is 11.4. The quantitative estimate of drug-likeness (QED) is 0.451. The first kappa shape index (κ1) is 22.9. The third-order valence-corrected chi connectivity index (χ3v) is 7.36. The number of carboxylic acids is 1. The van der Waals surface area contributed by atoms with Gasteiger partial charge in [0.15, 0.2) is 0 Å². The Bertz CT molecular complexity index is 629. The number of carboxylic acid groups (broad SMARTS) is 1. The summed E-state index contributed by atoms with van der Waals surface area (Å²) in [6.07, 6.45) is 3.41. The van der Waals surface area contributed by atoms with Crippen molar-refractivity contribution in [3.63, 3.8) is 0 Å². The van der Waals surface area contributed by atoms with E-state index in [4.69, 9.17) is 9.84 Å². The van der Waals surface area contributed by atoms with E-state index in [1.165, 1.54) is 12.5 Å². The topological polar surface area (TPSA) is 104 Å². The second-order valence-electron chi connectivity index (χ2n) is 9.58. The SMILES string of the molecule is CC(=O)OC[C@@]1(C)[C@H]2CC=C(C)[C@@H](CCC(C)CC(=O)O)[C@]2(C)C[C@H](O)[C@@H]1O. The average molecular weight is 397 g/mol. The van der Waals surface area contributed by atoms with Crippen molar-refractivity contribution in [2.75, 3.05) is 6.61 Å². The molecule has 0 radical (unpaired) electrons. The molecule has 0 saturated heterocycles.